The second kappa shape index (κ2) is 30.9. The third kappa shape index (κ3) is 16.3. The van der Waals surface area contributed by atoms with E-state index < -0.39 is 184 Å². The second-order valence-corrected chi connectivity index (χ2v) is 24.3. The van der Waals surface area contributed by atoms with Gasteiger partial charge in [-0.05, 0) is 55.7 Å². The van der Waals surface area contributed by atoms with Crippen LogP contribution in [0.3, 0.4) is 0 Å². The number of carbonyl (C=O) groups is 11. The largest absolute Gasteiger partial charge is 0.586 e. The van der Waals surface area contributed by atoms with Crippen LogP contribution in [-0.4, -0.2) is 207 Å². The van der Waals surface area contributed by atoms with Gasteiger partial charge in [0, 0.05) is 72.6 Å². The number of fused-ring (bicyclic) bond motifs is 7. The Hall–Kier alpha value is -9.91. The highest BCUT2D eigenvalue weighted by molar-refractivity contribution is 6.13. The molecule has 1 fully saturated rings. The van der Waals surface area contributed by atoms with Crippen LogP contribution in [-0.2, 0) is 98.5 Å². The van der Waals surface area contributed by atoms with Crippen molar-refractivity contribution in [2.45, 2.75) is 145 Å². The fourth-order valence-electron chi connectivity index (χ4n) is 12.5. The van der Waals surface area contributed by atoms with Gasteiger partial charge in [-0.1, -0.05) is 43.7 Å². The number of hydrogen-bond acceptors (Lipinski definition) is 23. The molecule has 35 heteroatoms. The van der Waals surface area contributed by atoms with Crippen molar-refractivity contribution in [1.82, 2.24) is 57.0 Å². The Morgan fingerprint density at radius 3 is 2.15 bits per heavy atom. The molecule has 0 spiro atoms. The number of hydrogen-bond donors (Lipinski definition) is 13. The smallest absolute Gasteiger partial charge is 0.458 e. The summed E-state index contributed by atoms with van der Waals surface area (Å²) in [6, 6.07) is 7.60. The Morgan fingerprint density at radius 1 is 0.747 bits per heavy atom. The van der Waals surface area contributed by atoms with E-state index >= 15 is 0 Å². The summed E-state index contributed by atoms with van der Waals surface area (Å²) >= 11 is 0. The van der Waals surface area contributed by atoms with E-state index in [1.165, 1.54) is 16.7 Å². The summed E-state index contributed by atoms with van der Waals surface area (Å²) in [5.74, 6) is -8.65. The molecule has 0 bridgehead atoms. The van der Waals surface area contributed by atoms with E-state index in [0.717, 1.165) is 17.1 Å². The number of aryl methyl sites for hydroxylation is 1. The van der Waals surface area contributed by atoms with Crippen molar-refractivity contribution < 1.29 is 111 Å². The van der Waals surface area contributed by atoms with Crippen LogP contribution in [0, 0.1) is 0 Å². The average molecular weight is 1390 g/mol. The van der Waals surface area contributed by atoms with Gasteiger partial charge in [-0.3, -0.25) is 57.6 Å². The first kappa shape index (κ1) is 71.9. The first-order valence-electron chi connectivity index (χ1n) is 31.9. The zero-order chi connectivity index (χ0) is 71.0. The van der Waals surface area contributed by atoms with Gasteiger partial charge in [0.05, 0.1) is 61.3 Å². The summed E-state index contributed by atoms with van der Waals surface area (Å²) in [6.45, 7) is -3.18. The van der Waals surface area contributed by atoms with Gasteiger partial charge in [0.15, 0.2) is 17.1 Å². The Balaban J connectivity index is 0.697. The predicted molar refractivity (Wildman–Crippen MR) is 332 cm³/mol. The lowest BCUT2D eigenvalue weighted by molar-refractivity contribution is -0.287. The predicted octanol–water partition coefficient (Wildman–Crippen LogP) is -3.62. The lowest BCUT2D eigenvalue weighted by atomic mass is 9.82. The number of rotatable bonds is 30. The quantitative estimate of drug-likeness (QED) is 0.00913. The van der Waals surface area contributed by atoms with Gasteiger partial charge >= 0.3 is 12.3 Å². The molecule has 2 aromatic heterocycles. The number of nitrogens with one attached hydrogen (secondary N) is 8. The fourth-order valence-corrected chi connectivity index (χ4v) is 12.5. The molecule has 13 N–H and O–H groups in total. The number of pyridine rings is 2. The van der Waals surface area contributed by atoms with E-state index in [1.807, 2.05) is 0 Å². The van der Waals surface area contributed by atoms with E-state index in [1.54, 1.807) is 37.3 Å². The topological polar surface area (TPSA) is 469 Å². The second-order valence-electron chi connectivity index (χ2n) is 24.3. The third-order valence-electron chi connectivity index (χ3n) is 17.7. The molecule has 1 aliphatic carbocycles. The van der Waals surface area contributed by atoms with Crippen LogP contribution in [0.4, 0.5) is 8.78 Å². The van der Waals surface area contributed by atoms with Crippen molar-refractivity contribution in [3.05, 3.63) is 98.4 Å². The molecular weight excluding hydrogens is 1310 g/mol. The van der Waals surface area contributed by atoms with Crippen LogP contribution in [0.25, 0.3) is 22.3 Å². The molecule has 4 aromatic rings. The summed E-state index contributed by atoms with van der Waals surface area (Å²) in [7, 11) is 0. The maximum absolute atomic E-state index is 14.6. The van der Waals surface area contributed by atoms with Crippen molar-refractivity contribution >= 4 is 75.9 Å². The lowest BCUT2D eigenvalue weighted by Gasteiger charge is -2.40. The summed E-state index contributed by atoms with van der Waals surface area (Å²) < 4.78 is 56.4. The SMILES string of the molecule is CC[C@@]1(O)C(=O)OCc2c1cc1n(c2=O)Cc2c-1nc1cc3c(c4c1c2[C@@H](NC(=O)COCNC(=O)CNC(=O)[C@H](Cc1ccccc1)NC(=O)CNC(=O)CNC(=O)[C@H](CCC(=O)NC[C@@H]1O[C@H](CO)[C@@H](O)[C@H](O)[C@H]1O)NC(=O)CCCCCN1C(=O)C=CC1=O)CC4)OC(F)(F)O3. The van der Waals surface area contributed by atoms with Crippen LogP contribution >= 0.6 is 0 Å². The number of carbonyl (C=O) groups excluding carboxylic acids is 11. The van der Waals surface area contributed by atoms with Crippen molar-refractivity contribution in [3.8, 4) is 22.9 Å². The average Bonchev–Trinajstić information content (AvgIpc) is 1.59. The van der Waals surface area contributed by atoms with Crippen LogP contribution in [0.15, 0.2) is 59.4 Å². The van der Waals surface area contributed by atoms with Gasteiger partial charge in [0.2, 0.25) is 47.3 Å². The molecule has 530 valence electrons. The van der Waals surface area contributed by atoms with E-state index in [-0.39, 0.29) is 104 Å². The molecule has 10 rings (SSSR count). The minimum absolute atomic E-state index is 0.0416. The summed E-state index contributed by atoms with van der Waals surface area (Å²) in [5.41, 5.74) is -0.201. The Morgan fingerprint density at radius 2 is 1.43 bits per heavy atom. The Kier molecular flexibility index (Phi) is 22.4. The number of cyclic esters (lactones) is 1. The molecule has 0 saturated carbocycles. The standard InChI is InChI=1S/C64H73F2N11O22/c1-2-63(94)35-20-40-54-33(26-77(40)61(92)34(35)28-96-62(63)93)53-36(13-12-32-52(53)38(75-54)21-41-58(32)99-64(65,66)98-41)72-49(84)29-95-30-71-47(82)24-70-60(91)39(19-31-9-5-3-6-10-31)74-48(83)25-68-46(81)23-69-59(90)37(73-45(80)11-7-4-8-18-76-50(85)16-17-51(76)86)14-15-44(79)67-22-42-55(87)57(89)56(88)43(27-78)97-42/h3,5-6,9-10,16-17,20-21,36-37,39,42-43,55-57,78,87-89,94H,2,4,7-8,11-15,18-19,22-30H2,1H3,(H,67,79)(H,68,81)(H,69,90)(H,70,91)(H,71,82)(H,72,84)(H,73,80)(H,74,83)/t36-,37-,39-,42-,43+,55-,56+,57+,63-/m0/s1. The first-order valence-corrected chi connectivity index (χ1v) is 31.9. The van der Waals surface area contributed by atoms with E-state index in [2.05, 4.69) is 42.5 Å². The number of aromatic nitrogens is 2. The summed E-state index contributed by atoms with van der Waals surface area (Å²) in [4.78, 5) is 163. The number of benzene rings is 2. The Bertz CT molecular complexity index is 3950. The van der Waals surface area contributed by atoms with Crippen LogP contribution in [0.1, 0.15) is 97.7 Å². The van der Waals surface area contributed by atoms with Crippen molar-refractivity contribution in [1.29, 1.82) is 0 Å². The molecule has 5 aliphatic heterocycles. The normalized spacial score (nSPS) is 21.9. The van der Waals surface area contributed by atoms with Crippen molar-refractivity contribution in [2.75, 3.05) is 52.7 Å². The summed E-state index contributed by atoms with van der Waals surface area (Å²) in [5, 5.41) is 71.8. The zero-order valence-electron chi connectivity index (χ0n) is 53.2. The van der Waals surface area contributed by atoms with Gasteiger partial charge in [0.1, 0.15) is 62.5 Å². The molecular formula is C64H73F2N11O22. The van der Waals surface area contributed by atoms with Gasteiger partial charge in [-0.15, -0.1) is 8.78 Å². The molecule has 9 atom stereocenters. The van der Waals surface area contributed by atoms with E-state index in [4.69, 9.17) is 28.7 Å². The minimum Gasteiger partial charge on any atom is -0.458 e. The highest BCUT2D eigenvalue weighted by Crippen LogP contribution is 2.53. The van der Waals surface area contributed by atoms with Gasteiger partial charge < -0.3 is 96.3 Å². The highest BCUT2D eigenvalue weighted by atomic mass is 19.3. The van der Waals surface area contributed by atoms with E-state index in [9.17, 15) is 91.8 Å². The lowest BCUT2D eigenvalue weighted by Crippen LogP contribution is -2.60. The van der Waals surface area contributed by atoms with Crippen molar-refractivity contribution in [3.63, 3.8) is 0 Å². The van der Waals surface area contributed by atoms with Gasteiger partial charge in [0.25, 0.3) is 17.4 Å². The van der Waals surface area contributed by atoms with Gasteiger partial charge in [-0.25, -0.2) is 9.78 Å². The molecule has 2 aromatic carbocycles. The van der Waals surface area contributed by atoms with Crippen LogP contribution in [0.5, 0.6) is 11.5 Å². The number of imide groups is 1. The third-order valence-corrected chi connectivity index (χ3v) is 17.7. The number of halogens is 2. The van der Waals surface area contributed by atoms with Gasteiger partial charge in [-0.2, -0.15) is 0 Å². The molecule has 10 amide bonds. The van der Waals surface area contributed by atoms with Crippen LogP contribution in [0.2, 0.25) is 0 Å². The molecule has 33 nitrogen and oxygen atoms in total. The number of unbranched alkanes of at least 4 members (excludes halogenated alkanes) is 2. The number of aliphatic hydroxyl groups excluding tert-OH is 4. The molecule has 7 heterocycles. The molecule has 6 aliphatic rings. The molecule has 99 heavy (non-hydrogen) atoms. The number of ether oxygens (including phenoxy) is 5. The summed E-state index contributed by atoms with van der Waals surface area (Å²) in [6.07, 6.45) is -8.93. The number of nitrogens with zero attached hydrogens (tertiary/aromatic N) is 3. The maximum Gasteiger partial charge on any atom is 0.586 e. The number of amides is 10. The first-order chi connectivity index (χ1) is 47.3. The van der Waals surface area contributed by atoms with Crippen molar-refractivity contribution in [2.24, 2.45) is 0 Å². The highest BCUT2D eigenvalue weighted by Gasteiger charge is 2.49. The minimum atomic E-state index is -3.99. The number of aliphatic hydroxyl groups is 5. The Labute approximate surface area is 560 Å². The zero-order valence-corrected chi connectivity index (χ0v) is 53.2. The number of alkyl halides is 2. The molecule has 0 unspecified atom stereocenters. The molecule has 1 saturated heterocycles. The maximum atomic E-state index is 14.6. The monoisotopic (exact) mass is 1390 g/mol. The van der Waals surface area contributed by atoms with E-state index in [0.29, 0.717) is 40.5 Å². The van der Waals surface area contributed by atoms with Crippen LogP contribution < -0.4 is 57.6 Å². The molecule has 0 radical (unpaired) electrons. The number of esters is 1. The fraction of sp³-hybridized carbons (Fsp3) is 0.484.